The Hall–Kier alpha value is -0.600. The van der Waals surface area contributed by atoms with Crippen LogP contribution in [0.15, 0.2) is 24.4 Å². The van der Waals surface area contributed by atoms with Gasteiger partial charge in [-0.1, -0.05) is 12.2 Å². The fourth-order valence-electron chi connectivity index (χ4n) is 0.302. The zero-order valence-corrected chi connectivity index (χ0v) is 5.22. The van der Waals surface area contributed by atoms with Crippen LogP contribution in [-0.4, -0.2) is 7.05 Å². The second-order valence-corrected chi connectivity index (χ2v) is 1.50. The summed E-state index contributed by atoms with van der Waals surface area (Å²) in [4.78, 5) is 0. The van der Waals surface area contributed by atoms with Gasteiger partial charge in [0.05, 0.1) is 13.2 Å². The molecule has 0 spiro atoms. The first kappa shape index (κ1) is 7.40. The molecule has 2 nitrogen and oxygen atoms in total. The van der Waals surface area contributed by atoms with Gasteiger partial charge < -0.3 is 10.3 Å². The van der Waals surface area contributed by atoms with E-state index in [1.165, 1.54) is 13.2 Å². The summed E-state index contributed by atoms with van der Waals surface area (Å²) in [6.45, 7) is 1.91. The molecule has 0 bridgehead atoms. The highest BCUT2D eigenvalue weighted by molar-refractivity contribution is 4.97. The van der Waals surface area contributed by atoms with E-state index in [4.69, 9.17) is 0 Å². The fourth-order valence-corrected chi connectivity index (χ4v) is 0.302. The van der Waals surface area contributed by atoms with Crippen LogP contribution < -0.4 is 5.06 Å². The Morgan fingerprint density at radius 2 is 2.00 bits per heavy atom. The molecule has 1 N–H and O–H groups in total. The lowest BCUT2D eigenvalue weighted by Crippen LogP contribution is -2.98. The molecule has 0 aromatic rings. The van der Waals surface area contributed by atoms with Gasteiger partial charge in [0.25, 0.3) is 0 Å². The van der Waals surface area contributed by atoms with Crippen LogP contribution in [-0.2, 0) is 0 Å². The van der Waals surface area contributed by atoms with E-state index in [0.717, 1.165) is 0 Å². The van der Waals surface area contributed by atoms with Crippen molar-refractivity contribution < 1.29 is 5.06 Å². The van der Waals surface area contributed by atoms with Crippen molar-refractivity contribution in [2.45, 2.75) is 6.92 Å². The average molecular weight is 113 g/mol. The predicted octanol–water partition coefficient (Wildman–Crippen LogP) is 0.0887. The molecule has 8 heavy (non-hydrogen) atoms. The van der Waals surface area contributed by atoms with Gasteiger partial charge in [-0.25, -0.2) is 0 Å². The summed E-state index contributed by atoms with van der Waals surface area (Å²) in [5, 5.41) is 10.3. The number of quaternary nitrogens is 1. The first-order valence-electron chi connectivity index (χ1n) is 2.57. The molecule has 0 saturated carbocycles. The van der Waals surface area contributed by atoms with Crippen molar-refractivity contribution in [3.63, 3.8) is 0 Å². The number of rotatable bonds is 2. The highest BCUT2D eigenvalue weighted by Gasteiger charge is 1.68. The summed E-state index contributed by atoms with van der Waals surface area (Å²) < 4.78 is 0. The third-order valence-corrected chi connectivity index (χ3v) is 0.634. The van der Waals surface area contributed by atoms with Gasteiger partial charge in [-0.3, -0.25) is 0 Å². The van der Waals surface area contributed by atoms with E-state index in [1.807, 2.05) is 19.1 Å². The van der Waals surface area contributed by atoms with Crippen LogP contribution >= 0.6 is 0 Å². The predicted molar refractivity (Wildman–Crippen MR) is 34.2 cm³/mol. The van der Waals surface area contributed by atoms with Gasteiger partial charge in [0, 0.05) is 0 Å². The van der Waals surface area contributed by atoms with E-state index in [0.29, 0.717) is 0 Å². The maximum Gasteiger partial charge on any atom is 0.0939 e. The topological polar surface area (TPSA) is 27.5 Å². The summed E-state index contributed by atoms with van der Waals surface area (Å²) in [5.41, 5.74) is 0. The minimum Gasteiger partial charge on any atom is -0.629 e. The molecular weight excluding hydrogens is 102 g/mol. The third-order valence-electron chi connectivity index (χ3n) is 0.634. The molecule has 0 rings (SSSR count). The van der Waals surface area contributed by atoms with Gasteiger partial charge >= 0.3 is 0 Å². The van der Waals surface area contributed by atoms with Crippen LogP contribution in [0.4, 0.5) is 0 Å². The lowest BCUT2D eigenvalue weighted by Gasteiger charge is -2.06. The molecule has 1 atom stereocenters. The van der Waals surface area contributed by atoms with E-state index in [2.05, 4.69) is 0 Å². The number of hydroxylamine groups is 2. The van der Waals surface area contributed by atoms with Crippen molar-refractivity contribution in [3.05, 3.63) is 29.6 Å². The third kappa shape index (κ3) is 5.40. The van der Waals surface area contributed by atoms with Crippen LogP contribution in [0.25, 0.3) is 0 Å². The van der Waals surface area contributed by atoms with Crippen LogP contribution in [0.2, 0.25) is 0 Å². The molecule has 0 radical (unpaired) electrons. The molecule has 0 aliphatic rings. The van der Waals surface area contributed by atoms with Gasteiger partial charge in [-0.2, -0.15) is 0 Å². The van der Waals surface area contributed by atoms with Gasteiger partial charge in [0.1, 0.15) is 0 Å². The molecule has 0 saturated heterocycles. The Morgan fingerprint density at radius 1 is 1.38 bits per heavy atom. The molecule has 0 aromatic heterocycles. The Balaban J connectivity index is 3.34. The van der Waals surface area contributed by atoms with Gasteiger partial charge in [0.2, 0.25) is 0 Å². The summed E-state index contributed by atoms with van der Waals surface area (Å²) >= 11 is 0. The SMILES string of the molecule is C/C=C/C=C/[NH+](C)[O-]. The van der Waals surface area contributed by atoms with Crippen molar-refractivity contribution in [2.24, 2.45) is 0 Å². The molecular formula is C6H11NO. The van der Waals surface area contributed by atoms with E-state index in [-0.39, 0.29) is 5.06 Å². The zero-order chi connectivity index (χ0) is 6.41. The summed E-state index contributed by atoms with van der Waals surface area (Å²) in [6.07, 6.45) is 6.95. The Kier molecular flexibility index (Phi) is 4.21. The zero-order valence-electron chi connectivity index (χ0n) is 5.22. The lowest BCUT2D eigenvalue weighted by molar-refractivity contribution is -0.766. The van der Waals surface area contributed by atoms with Crippen LogP contribution in [0, 0.1) is 5.21 Å². The molecule has 0 fully saturated rings. The van der Waals surface area contributed by atoms with Crippen molar-refractivity contribution in [3.8, 4) is 0 Å². The summed E-state index contributed by atoms with van der Waals surface area (Å²) in [7, 11) is 1.53. The summed E-state index contributed by atoms with van der Waals surface area (Å²) in [5.74, 6) is 0. The minimum atomic E-state index is 0.0862. The highest BCUT2D eigenvalue weighted by Crippen LogP contribution is 1.67. The maximum atomic E-state index is 10.2. The number of nitrogens with one attached hydrogen (secondary N) is 1. The molecule has 2 heteroatoms. The van der Waals surface area contributed by atoms with E-state index < -0.39 is 0 Å². The van der Waals surface area contributed by atoms with Crippen LogP contribution in [0.3, 0.4) is 0 Å². The smallest absolute Gasteiger partial charge is 0.0939 e. The second kappa shape index (κ2) is 4.56. The van der Waals surface area contributed by atoms with Crippen LogP contribution in [0.1, 0.15) is 6.92 Å². The first-order valence-corrected chi connectivity index (χ1v) is 2.57. The molecule has 0 aliphatic carbocycles. The monoisotopic (exact) mass is 113 g/mol. The van der Waals surface area contributed by atoms with Crippen molar-refractivity contribution in [1.82, 2.24) is 0 Å². The molecule has 0 aliphatic heterocycles. The average Bonchev–Trinajstić information content (AvgIpc) is 1.66. The maximum absolute atomic E-state index is 10.2. The minimum absolute atomic E-state index is 0.0862. The number of allylic oxidation sites excluding steroid dienone is 3. The second-order valence-electron chi connectivity index (χ2n) is 1.50. The fraction of sp³-hybridized carbons (Fsp3) is 0.333. The molecule has 0 heterocycles. The number of hydrogen-bond acceptors (Lipinski definition) is 1. The number of hydrogen-bond donors (Lipinski definition) is 1. The Labute approximate surface area is 49.7 Å². The van der Waals surface area contributed by atoms with E-state index in [9.17, 15) is 5.21 Å². The van der Waals surface area contributed by atoms with Gasteiger partial charge in [-0.05, 0) is 13.0 Å². The van der Waals surface area contributed by atoms with Crippen LogP contribution in [0.5, 0.6) is 0 Å². The lowest BCUT2D eigenvalue weighted by atomic mass is 10.5. The molecule has 0 amide bonds. The van der Waals surface area contributed by atoms with Gasteiger partial charge in [0.15, 0.2) is 0 Å². The van der Waals surface area contributed by atoms with Gasteiger partial charge in [-0.15, -0.1) is 0 Å². The van der Waals surface area contributed by atoms with E-state index in [1.54, 1.807) is 6.08 Å². The van der Waals surface area contributed by atoms with Crippen molar-refractivity contribution in [1.29, 1.82) is 0 Å². The largest absolute Gasteiger partial charge is 0.629 e. The molecule has 0 aromatic carbocycles. The Bertz CT molecular complexity index is 94.7. The van der Waals surface area contributed by atoms with Crippen molar-refractivity contribution in [2.75, 3.05) is 7.05 Å². The standard InChI is InChI=1S/C6H11NO/c1-3-4-5-6-7(2)8/h3-7H,1-2H3/b4-3+,6-5+. The molecule has 1 unspecified atom stereocenters. The molecule has 46 valence electrons. The highest BCUT2D eigenvalue weighted by atomic mass is 16.5. The normalized spacial score (nSPS) is 15.9. The summed E-state index contributed by atoms with van der Waals surface area (Å²) in [6, 6.07) is 0. The van der Waals surface area contributed by atoms with Crippen molar-refractivity contribution >= 4 is 0 Å². The Morgan fingerprint density at radius 3 is 2.38 bits per heavy atom. The van der Waals surface area contributed by atoms with E-state index >= 15 is 0 Å². The first-order chi connectivity index (χ1) is 3.77. The quantitative estimate of drug-likeness (QED) is 0.399.